The second-order valence-corrected chi connectivity index (χ2v) is 8.45. The van der Waals surface area contributed by atoms with Crippen molar-refractivity contribution >= 4 is 23.3 Å². The van der Waals surface area contributed by atoms with Crippen molar-refractivity contribution < 1.29 is 18.3 Å². The summed E-state index contributed by atoms with van der Waals surface area (Å²) in [6.07, 6.45) is 5.88. The molecule has 37 heavy (non-hydrogen) atoms. The predicted octanol–water partition coefficient (Wildman–Crippen LogP) is 4.88. The monoisotopic (exact) mass is 510 g/mol. The van der Waals surface area contributed by atoms with Crippen LogP contribution in [0.5, 0.6) is 5.75 Å². The molecule has 0 spiro atoms. The minimum absolute atomic E-state index is 0.134. The summed E-state index contributed by atoms with van der Waals surface area (Å²) >= 11 is 0. The third kappa shape index (κ3) is 6.99. The zero-order valence-electron chi connectivity index (χ0n) is 21.0. The number of benzene rings is 2. The van der Waals surface area contributed by atoms with E-state index in [0.29, 0.717) is 23.0 Å². The van der Waals surface area contributed by atoms with Gasteiger partial charge in [-0.15, -0.1) is 0 Å². The molecule has 3 aromatic rings. The van der Waals surface area contributed by atoms with Crippen LogP contribution in [0.2, 0.25) is 0 Å². The standard InChI is InChI=1S/C25H27FN6O2.C2H5F/c1-34-19-8-4-7-18(26)20(19)25(33)29-13-15-9-11-16(12-10-15)22(27)21-23(28)30-14-31-24(21)32-17-5-2-3-6-17;1-2-3/h4,7-12,14,17,27H,2-3,5-6,13H2,1H3,(H,29,33)(H3,28,30,31,32);2H2,1H3. The molecular weight excluding hydrogens is 478 g/mol. The Morgan fingerprint density at radius 3 is 2.46 bits per heavy atom. The second kappa shape index (κ2) is 13.3. The topological polar surface area (TPSA) is 126 Å². The maximum absolute atomic E-state index is 14.1. The molecule has 0 aliphatic heterocycles. The van der Waals surface area contributed by atoms with Crippen molar-refractivity contribution in [3.05, 3.63) is 76.9 Å². The molecule has 1 saturated carbocycles. The number of nitrogens with two attached hydrogens (primary N) is 1. The number of anilines is 2. The highest BCUT2D eigenvalue weighted by atomic mass is 19.1. The van der Waals surface area contributed by atoms with Gasteiger partial charge in [0, 0.05) is 18.2 Å². The van der Waals surface area contributed by atoms with Crippen molar-refractivity contribution in [1.82, 2.24) is 15.3 Å². The van der Waals surface area contributed by atoms with E-state index >= 15 is 0 Å². The second-order valence-electron chi connectivity index (χ2n) is 8.45. The molecule has 1 aromatic heterocycles. The molecule has 1 amide bonds. The first-order valence-corrected chi connectivity index (χ1v) is 12.1. The zero-order valence-corrected chi connectivity index (χ0v) is 21.0. The molecule has 0 unspecified atom stereocenters. The summed E-state index contributed by atoms with van der Waals surface area (Å²) in [5.74, 6) is -0.227. The van der Waals surface area contributed by atoms with Gasteiger partial charge in [0.25, 0.3) is 5.91 Å². The van der Waals surface area contributed by atoms with Gasteiger partial charge in [-0.25, -0.2) is 14.4 Å². The Balaban J connectivity index is 0.00000121. The molecule has 1 aliphatic carbocycles. The number of carbonyl (C=O) groups excluding carboxylic acids is 1. The van der Waals surface area contributed by atoms with Gasteiger partial charge in [-0.05, 0) is 37.5 Å². The van der Waals surface area contributed by atoms with Gasteiger partial charge >= 0.3 is 0 Å². The molecule has 4 rings (SSSR count). The number of amides is 1. The van der Waals surface area contributed by atoms with Crippen LogP contribution < -0.4 is 21.1 Å². The molecule has 196 valence electrons. The van der Waals surface area contributed by atoms with E-state index in [0.717, 1.165) is 18.4 Å². The number of carbonyl (C=O) groups is 1. The van der Waals surface area contributed by atoms with Crippen molar-refractivity contribution in [3.8, 4) is 5.75 Å². The fourth-order valence-corrected chi connectivity index (χ4v) is 4.12. The number of hydrogen-bond donors (Lipinski definition) is 4. The van der Waals surface area contributed by atoms with Crippen molar-refractivity contribution in [3.63, 3.8) is 0 Å². The molecule has 1 aliphatic rings. The van der Waals surface area contributed by atoms with E-state index in [1.165, 1.54) is 51.4 Å². The number of nitrogens with zero attached hydrogens (tertiary/aromatic N) is 2. The molecule has 1 fully saturated rings. The lowest BCUT2D eigenvalue weighted by atomic mass is 10.0. The summed E-state index contributed by atoms with van der Waals surface area (Å²) in [7, 11) is 1.39. The van der Waals surface area contributed by atoms with Gasteiger partial charge in [0.2, 0.25) is 0 Å². The maximum Gasteiger partial charge on any atom is 0.258 e. The van der Waals surface area contributed by atoms with Gasteiger partial charge in [-0.1, -0.05) is 43.2 Å². The van der Waals surface area contributed by atoms with Crippen LogP contribution in [0.1, 0.15) is 59.7 Å². The van der Waals surface area contributed by atoms with Crippen LogP contribution >= 0.6 is 0 Å². The van der Waals surface area contributed by atoms with Crippen molar-refractivity contribution in [2.24, 2.45) is 0 Å². The van der Waals surface area contributed by atoms with Gasteiger partial charge in [-0.3, -0.25) is 14.6 Å². The first-order valence-electron chi connectivity index (χ1n) is 12.1. The molecule has 2 aromatic carbocycles. The number of ether oxygens (including phenoxy) is 1. The molecule has 1 heterocycles. The number of methoxy groups -OCH3 is 1. The van der Waals surface area contributed by atoms with Gasteiger partial charge in [0.15, 0.2) is 0 Å². The van der Waals surface area contributed by atoms with Crippen LogP contribution in [-0.2, 0) is 6.54 Å². The first kappa shape index (κ1) is 27.5. The SMILES string of the molecule is CCF.COc1cccc(F)c1C(=O)NCc1ccc(C(=N)c2c(N)ncnc2NC2CCCC2)cc1. The van der Waals surface area contributed by atoms with Crippen molar-refractivity contribution in [2.75, 3.05) is 24.8 Å². The Morgan fingerprint density at radius 2 is 1.81 bits per heavy atom. The minimum Gasteiger partial charge on any atom is -0.496 e. The highest BCUT2D eigenvalue weighted by Crippen LogP contribution is 2.27. The van der Waals surface area contributed by atoms with Crippen molar-refractivity contribution in [1.29, 1.82) is 5.41 Å². The summed E-state index contributed by atoms with van der Waals surface area (Å²) in [5.41, 5.74) is 8.10. The first-order chi connectivity index (χ1) is 17.9. The number of nitrogen functional groups attached to an aromatic ring is 1. The summed E-state index contributed by atoms with van der Waals surface area (Å²) in [6, 6.07) is 11.7. The summed E-state index contributed by atoms with van der Waals surface area (Å²) in [5, 5.41) is 14.8. The van der Waals surface area contributed by atoms with Gasteiger partial charge < -0.3 is 21.1 Å². The van der Waals surface area contributed by atoms with Gasteiger partial charge in [0.05, 0.1) is 25.1 Å². The number of hydrogen-bond acceptors (Lipinski definition) is 7. The number of alkyl halides is 1. The van der Waals surface area contributed by atoms with Crippen LogP contribution in [0.25, 0.3) is 0 Å². The van der Waals surface area contributed by atoms with E-state index in [4.69, 9.17) is 15.9 Å². The predicted molar refractivity (Wildman–Crippen MR) is 140 cm³/mol. The summed E-state index contributed by atoms with van der Waals surface area (Å²) < 4.78 is 29.5. The minimum atomic E-state index is -0.648. The fraction of sp³-hybridized carbons (Fsp3) is 0.333. The quantitative estimate of drug-likeness (QED) is 0.320. The average Bonchev–Trinajstić information content (AvgIpc) is 3.41. The van der Waals surface area contributed by atoms with Crippen LogP contribution in [-0.4, -0.2) is 41.4 Å². The Kier molecular flexibility index (Phi) is 9.88. The Hall–Kier alpha value is -4.08. The van der Waals surface area contributed by atoms with E-state index in [2.05, 4.69) is 20.6 Å². The molecule has 0 saturated heterocycles. The van der Waals surface area contributed by atoms with Gasteiger partial charge in [0.1, 0.15) is 35.1 Å². The maximum atomic E-state index is 14.1. The van der Waals surface area contributed by atoms with Crippen LogP contribution in [0.3, 0.4) is 0 Å². The highest BCUT2D eigenvalue weighted by molar-refractivity contribution is 6.16. The number of aromatic nitrogens is 2. The molecule has 0 atom stereocenters. The summed E-state index contributed by atoms with van der Waals surface area (Å²) in [4.78, 5) is 20.9. The van der Waals surface area contributed by atoms with Crippen LogP contribution in [0, 0.1) is 11.2 Å². The van der Waals surface area contributed by atoms with E-state index in [9.17, 15) is 13.6 Å². The lowest BCUT2D eigenvalue weighted by Gasteiger charge is -2.17. The van der Waals surface area contributed by atoms with Crippen LogP contribution in [0.4, 0.5) is 20.4 Å². The number of nitrogens with one attached hydrogen (secondary N) is 3. The smallest absolute Gasteiger partial charge is 0.258 e. The largest absolute Gasteiger partial charge is 0.496 e. The molecule has 5 N–H and O–H groups in total. The third-order valence-corrected chi connectivity index (χ3v) is 5.94. The normalized spacial score (nSPS) is 12.9. The average molecular weight is 511 g/mol. The molecule has 0 bridgehead atoms. The molecule has 10 heteroatoms. The van der Waals surface area contributed by atoms with E-state index in [1.807, 2.05) is 0 Å². The number of rotatable bonds is 8. The molecular formula is C27H32F2N6O2. The lowest BCUT2D eigenvalue weighted by molar-refractivity contribution is 0.0943. The Bertz CT molecular complexity index is 1210. The Morgan fingerprint density at radius 1 is 1.14 bits per heavy atom. The zero-order chi connectivity index (χ0) is 26.8. The van der Waals surface area contributed by atoms with Crippen molar-refractivity contribution in [2.45, 2.75) is 45.2 Å². The van der Waals surface area contributed by atoms with E-state index in [1.54, 1.807) is 24.3 Å². The van der Waals surface area contributed by atoms with E-state index < -0.39 is 11.7 Å². The molecule has 8 nitrogen and oxygen atoms in total. The number of halogens is 2. The van der Waals surface area contributed by atoms with Crippen LogP contribution in [0.15, 0.2) is 48.8 Å². The fourth-order valence-electron chi connectivity index (χ4n) is 4.12. The third-order valence-electron chi connectivity index (χ3n) is 5.94. The van der Waals surface area contributed by atoms with E-state index in [-0.39, 0.29) is 36.1 Å². The van der Waals surface area contributed by atoms with Gasteiger partial charge in [-0.2, -0.15) is 0 Å². The highest BCUT2D eigenvalue weighted by Gasteiger charge is 2.21. The summed E-state index contributed by atoms with van der Waals surface area (Å²) in [6.45, 7) is 1.40. The Labute approximate surface area is 215 Å². The lowest BCUT2D eigenvalue weighted by Crippen LogP contribution is -2.24. The molecule has 0 radical (unpaired) electrons.